The zero-order valence-corrected chi connectivity index (χ0v) is 15.9. The summed E-state index contributed by atoms with van der Waals surface area (Å²) in [5.74, 6) is 0.777. The molecular formula is C17H22N2O4S2. The standard InChI is InChI=1S/C17H22N2O4S2/c1-21-8-6-19-16(20)14-12-3-2-4-13(12)25-15(14)18-17(19)24-9-11-5-7-22-10-23-11/h11H,2-10H2,1H3/t11-/m0/s1. The number of rotatable bonds is 6. The van der Waals surface area contributed by atoms with Crippen molar-refractivity contribution in [2.24, 2.45) is 0 Å². The molecule has 1 fully saturated rings. The van der Waals surface area contributed by atoms with Crippen LogP contribution in [0.25, 0.3) is 10.2 Å². The molecule has 2 aromatic heterocycles. The molecule has 0 unspecified atom stereocenters. The van der Waals surface area contributed by atoms with Gasteiger partial charge in [-0.25, -0.2) is 4.98 Å². The Balaban J connectivity index is 1.67. The summed E-state index contributed by atoms with van der Waals surface area (Å²) >= 11 is 3.28. The van der Waals surface area contributed by atoms with Gasteiger partial charge in [-0.15, -0.1) is 11.3 Å². The number of ether oxygens (including phenoxy) is 3. The maximum absolute atomic E-state index is 13.1. The zero-order chi connectivity index (χ0) is 17.2. The Morgan fingerprint density at radius 2 is 2.36 bits per heavy atom. The molecular weight excluding hydrogens is 360 g/mol. The fourth-order valence-electron chi connectivity index (χ4n) is 3.35. The molecule has 0 bridgehead atoms. The molecule has 0 spiro atoms. The predicted molar refractivity (Wildman–Crippen MR) is 98.8 cm³/mol. The van der Waals surface area contributed by atoms with E-state index in [-0.39, 0.29) is 11.7 Å². The number of nitrogens with zero attached hydrogens (tertiary/aromatic N) is 2. The first-order valence-corrected chi connectivity index (χ1v) is 10.4. The van der Waals surface area contributed by atoms with Crippen molar-refractivity contribution in [3.05, 3.63) is 20.8 Å². The number of hydrogen-bond donors (Lipinski definition) is 0. The van der Waals surface area contributed by atoms with E-state index < -0.39 is 0 Å². The average molecular weight is 383 g/mol. The fourth-order valence-corrected chi connectivity index (χ4v) is 5.74. The topological polar surface area (TPSA) is 62.6 Å². The van der Waals surface area contributed by atoms with Crippen LogP contribution < -0.4 is 5.56 Å². The second kappa shape index (κ2) is 7.75. The lowest BCUT2D eigenvalue weighted by molar-refractivity contribution is -0.130. The van der Waals surface area contributed by atoms with Crippen molar-refractivity contribution in [1.29, 1.82) is 0 Å². The predicted octanol–water partition coefficient (Wildman–Crippen LogP) is 2.45. The van der Waals surface area contributed by atoms with E-state index in [1.54, 1.807) is 34.8 Å². The Bertz CT molecular complexity index is 811. The summed E-state index contributed by atoms with van der Waals surface area (Å²) in [4.78, 5) is 20.2. The van der Waals surface area contributed by atoms with Gasteiger partial charge < -0.3 is 14.2 Å². The molecule has 0 amide bonds. The van der Waals surface area contributed by atoms with Crippen LogP contribution in [-0.4, -0.2) is 48.5 Å². The van der Waals surface area contributed by atoms with Gasteiger partial charge in [0, 0.05) is 17.7 Å². The van der Waals surface area contributed by atoms with Crippen LogP contribution in [-0.2, 0) is 33.6 Å². The number of hydrogen-bond acceptors (Lipinski definition) is 7. The van der Waals surface area contributed by atoms with E-state index in [1.165, 1.54) is 10.4 Å². The van der Waals surface area contributed by atoms with Crippen LogP contribution in [0.3, 0.4) is 0 Å². The third-order valence-corrected chi connectivity index (χ3v) is 6.97. The van der Waals surface area contributed by atoms with Crippen LogP contribution in [0.15, 0.2) is 9.95 Å². The largest absolute Gasteiger partial charge is 0.383 e. The van der Waals surface area contributed by atoms with Crippen molar-refractivity contribution < 1.29 is 14.2 Å². The van der Waals surface area contributed by atoms with E-state index in [2.05, 4.69) is 0 Å². The molecule has 2 aromatic rings. The summed E-state index contributed by atoms with van der Waals surface area (Å²) in [6.07, 6.45) is 4.25. The number of methoxy groups -OCH3 is 1. The van der Waals surface area contributed by atoms with Gasteiger partial charge in [0.05, 0.1) is 31.2 Å². The molecule has 25 heavy (non-hydrogen) atoms. The Kier molecular flexibility index (Phi) is 5.42. The second-order valence-corrected chi connectivity index (χ2v) is 8.37. The highest BCUT2D eigenvalue weighted by Gasteiger charge is 2.24. The average Bonchev–Trinajstić information content (AvgIpc) is 3.21. The zero-order valence-electron chi connectivity index (χ0n) is 14.3. The number of aryl methyl sites for hydroxylation is 2. The van der Waals surface area contributed by atoms with E-state index in [9.17, 15) is 4.79 Å². The van der Waals surface area contributed by atoms with Gasteiger partial charge >= 0.3 is 0 Å². The SMILES string of the molecule is COCCn1c(SC[C@@H]2CCOCO2)nc2sc3c(c2c1=O)CCC3. The maximum atomic E-state index is 13.1. The van der Waals surface area contributed by atoms with Crippen LogP contribution in [0.4, 0.5) is 0 Å². The smallest absolute Gasteiger partial charge is 0.263 e. The Morgan fingerprint density at radius 3 is 3.16 bits per heavy atom. The van der Waals surface area contributed by atoms with Crippen LogP contribution >= 0.6 is 23.1 Å². The highest BCUT2D eigenvalue weighted by atomic mass is 32.2. The van der Waals surface area contributed by atoms with Gasteiger partial charge in [-0.3, -0.25) is 9.36 Å². The summed E-state index contributed by atoms with van der Waals surface area (Å²) in [6.45, 7) is 2.11. The molecule has 0 radical (unpaired) electrons. The first-order valence-electron chi connectivity index (χ1n) is 8.64. The summed E-state index contributed by atoms with van der Waals surface area (Å²) in [5.41, 5.74) is 1.31. The van der Waals surface area contributed by atoms with E-state index in [0.717, 1.165) is 53.4 Å². The number of fused-ring (bicyclic) bond motifs is 3. The van der Waals surface area contributed by atoms with Gasteiger partial charge in [0.1, 0.15) is 11.6 Å². The van der Waals surface area contributed by atoms with Crippen molar-refractivity contribution in [3.8, 4) is 0 Å². The van der Waals surface area contributed by atoms with Gasteiger partial charge in [-0.1, -0.05) is 11.8 Å². The van der Waals surface area contributed by atoms with Crippen molar-refractivity contribution in [2.45, 2.75) is 43.5 Å². The molecule has 3 heterocycles. The minimum atomic E-state index is 0.0804. The molecule has 6 nitrogen and oxygen atoms in total. The summed E-state index contributed by atoms with van der Waals surface area (Å²) in [5, 5.41) is 1.60. The second-order valence-electron chi connectivity index (χ2n) is 6.30. The van der Waals surface area contributed by atoms with Crippen LogP contribution in [0.2, 0.25) is 0 Å². The lowest BCUT2D eigenvalue weighted by Crippen LogP contribution is -2.28. The normalized spacial score (nSPS) is 20.3. The van der Waals surface area contributed by atoms with Gasteiger partial charge in [-0.2, -0.15) is 0 Å². The van der Waals surface area contributed by atoms with Gasteiger partial charge in [0.15, 0.2) is 5.16 Å². The van der Waals surface area contributed by atoms with Crippen molar-refractivity contribution in [3.63, 3.8) is 0 Å². The van der Waals surface area contributed by atoms with Gasteiger partial charge in [0.2, 0.25) is 0 Å². The molecule has 0 saturated carbocycles. The van der Waals surface area contributed by atoms with E-state index >= 15 is 0 Å². The first-order chi connectivity index (χ1) is 12.3. The molecule has 1 saturated heterocycles. The monoisotopic (exact) mass is 382 g/mol. The highest BCUT2D eigenvalue weighted by molar-refractivity contribution is 7.99. The van der Waals surface area contributed by atoms with Crippen LogP contribution in [0.5, 0.6) is 0 Å². The number of thiophene rings is 1. The van der Waals surface area contributed by atoms with Crippen molar-refractivity contribution >= 4 is 33.3 Å². The summed E-state index contributed by atoms with van der Waals surface area (Å²) < 4.78 is 17.8. The van der Waals surface area contributed by atoms with Crippen LogP contribution in [0, 0.1) is 0 Å². The molecule has 1 aliphatic carbocycles. The van der Waals surface area contributed by atoms with Crippen molar-refractivity contribution in [2.75, 3.05) is 32.9 Å². The molecule has 0 N–H and O–H groups in total. The maximum Gasteiger partial charge on any atom is 0.263 e. The van der Waals surface area contributed by atoms with Crippen LogP contribution in [0.1, 0.15) is 23.3 Å². The molecule has 0 aromatic carbocycles. The molecule has 1 aliphatic heterocycles. The molecule has 4 rings (SSSR count). The van der Waals surface area contributed by atoms with Gasteiger partial charge in [0.25, 0.3) is 5.56 Å². The van der Waals surface area contributed by atoms with Gasteiger partial charge in [-0.05, 0) is 31.2 Å². The minimum absolute atomic E-state index is 0.0804. The Labute approximate surface area is 154 Å². The Hall–Kier alpha value is -0.930. The summed E-state index contributed by atoms with van der Waals surface area (Å²) in [6, 6.07) is 0. The van der Waals surface area contributed by atoms with Crippen molar-refractivity contribution in [1.82, 2.24) is 9.55 Å². The lowest BCUT2D eigenvalue weighted by Gasteiger charge is -2.22. The molecule has 8 heteroatoms. The minimum Gasteiger partial charge on any atom is -0.383 e. The third kappa shape index (κ3) is 3.50. The fraction of sp³-hybridized carbons (Fsp3) is 0.647. The molecule has 1 atom stereocenters. The summed E-state index contributed by atoms with van der Waals surface area (Å²) in [7, 11) is 1.65. The molecule has 136 valence electrons. The number of aromatic nitrogens is 2. The lowest BCUT2D eigenvalue weighted by atomic mass is 10.2. The quantitative estimate of drug-likeness (QED) is 0.565. The number of thioether (sulfide) groups is 1. The molecule has 2 aliphatic rings. The van der Waals surface area contributed by atoms with E-state index in [1.807, 2.05) is 0 Å². The highest BCUT2D eigenvalue weighted by Crippen LogP contribution is 2.35. The third-order valence-electron chi connectivity index (χ3n) is 4.68. The van der Waals surface area contributed by atoms with E-state index in [0.29, 0.717) is 19.9 Å². The first kappa shape index (κ1) is 17.5. The van der Waals surface area contributed by atoms with E-state index in [4.69, 9.17) is 19.2 Å². The Morgan fingerprint density at radius 1 is 1.44 bits per heavy atom.